The zero-order chi connectivity index (χ0) is 26.7. The van der Waals surface area contributed by atoms with E-state index in [4.69, 9.17) is 9.94 Å². The van der Waals surface area contributed by atoms with E-state index in [0.29, 0.717) is 18.7 Å². The van der Waals surface area contributed by atoms with Crippen LogP contribution in [0.3, 0.4) is 0 Å². The second kappa shape index (κ2) is 18.5. The molecule has 2 aromatic carbocycles. The van der Waals surface area contributed by atoms with Gasteiger partial charge >= 0.3 is 5.97 Å². The Morgan fingerprint density at radius 2 is 1.43 bits per heavy atom. The Kier molecular flexibility index (Phi) is 15.3. The van der Waals surface area contributed by atoms with Gasteiger partial charge < -0.3 is 10.4 Å². The van der Waals surface area contributed by atoms with E-state index in [0.717, 1.165) is 30.4 Å². The molecule has 0 bridgehead atoms. The molecule has 1 amide bonds. The molecule has 0 saturated heterocycles. The van der Waals surface area contributed by atoms with Crippen LogP contribution >= 0.6 is 0 Å². The highest BCUT2D eigenvalue weighted by molar-refractivity contribution is 5.94. The number of hydroxylamine groups is 2. The van der Waals surface area contributed by atoms with Crippen LogP contribution in [-0.2, 0) is 16.2 Å². The number of hydrogen-bond acceptors (Lipinski definition) is 4. The minimum atomic E-state index is -1.01. The van der Waals surface area contributed by atoms with Crippen LogP contribution in [0.4, 0.5) is 0 Å². The quantitative estimate of drug-likeness (QED) is 0.144. The SMILES string of the molecule is CCCCCCCCCCCCNC(=O)c1ccc(CN(OCC(=O)O)C(CC)c2ccccc2)cc1. The second-order valence-corrected chi connectivity index (χ2v) is 9.71. The summed E-state index contributed by atoms with van der Waals surface area (Å²) in [6, 6.07) is 17.3. The van der Waals surface area contributed by atoms with E-state index in [-0.39, 0.29) is 11.9 Å². The largest absolute Gasteiger partial charge is 0.479 e. The van der Waals surface area contributed by atoms with Gasteiger partial charge in [-0.25, -0.2) is 4.79 Å². The normalized spacial score (nSPS) is 12.0. The van der Waals surface area contributed by atoms with Crippen molar-refractivity contribution in [3.63, 3.8) is 0 Å². The lowest BCUT2D eigenvalue weighted by molar-refractivity contribution is -0.205. The van der Waals surface area contributed by atoms with Gasteiger partial charge in [0.25, 0.3) is 5.91 Å². The van der Waals surface area contributed by atoms with Crippen molar-refractivity contribution in [3.05, 3.63) is 71.3 Å². The Labute approximate surface area is 223 Å². The smallest absolute Gasteiger partial charge is 0.331 e. The molecule has 2 N–H and O–H groups in total. The van der Waals surface area contributed by atoms with Gasteiger partial charge in [0.15, 0.2) is 6.61 Å². The summed E-state index contributed by atoms with van der Waals surface area (Å²) in [5.74, 6) is -1.07. The third-order valence-electron chi connectivity index (χ3n) is 6.64. The van der Waals surface area contributed by atoms with E-state index >= 15 is 0 Å². The molecule has 0 fully saturated rings. The zero-order valence-corrected chi connectivity index (χ0v) is 22.8. The van der Waals surface area contributed by atoms with E-state index in [1.807, 2.05) is 54.6 Å². The van der Waals surface area contributed by atoms with Crippen LogP contribution < -0.4 is 5.32 Å². The van der Waals surface area contributed by atoms with E-state index in [9.17, 15) is 9.59 Å². The highest BCUT2D eigenvalue weighted by Gasteiger charge is 2.21. The summed E-state index contributed by atoms with van der Waals surface area (Å²) in [4.78, 5) is 29.4. The van der Waals surface area contributed by atoms with Crippen LogP contribution in [0.15, 0.2) is 54.6 Å². The number of unbranched alkanes of at least 4 members (excludes halogenated alkanes) is 9. The van der Waals surface area contributed by atoms with E-state index in [2.05, 4.69) is 19.2 Å². The molecule has 204 valence electrons. The molecule has 2 aromatic rings. The van der Waals surface area contributed by atoms with Gasteiger partial charge in [-0.15, -0.1) is 0 Å². The number of carbonyl (C=O) groups excluding carboxylic acids is 1. The van der Waals surface area contributed by atoms with Gasteiger partial charge in [-0.1, -0.05) is 114 Å². The molecule has 0 heterocycles. The topological polar surface area (TPSA) is 78.9 Å². The molecular formula is C31H46N2O4. The van der Waals surface area contributed by atoms with E-state index in [1.165, 1.54) is 51.4 Å². The molecule has 0 spiro atoms. The second-order valence-electron chi connectivity index (χ2n) is 9.71. The average molecular weight is 511 g/mol. The Hall–Kier alpha value is -2.70. The Bertz CT molecular complexity index is 886. The van der Waals surface area contributed by atoms with Crippen molar-refractivity contribution in [1.82, 2.24) is 10.4 Å². The van der Waals surface area contributed by atoms with Gasteiger partial charge in [-0.05, 0) is 36.1 Å². The number of hydrogen-bond donors (Lipinski definition) is 2. The molecule has 37 heavy (non-hydrogen) atoms. The van der Waals surface area contributed by atoms with Crippen LogP contribution in [0.5, 0.6) is 0 Å². The van der Waals surface area contributed by atoms with Gasteiger partial charge in [0.1, 0.15) is 0 Å². The fourth-order valence-corrected chi connectivity index (χ4v) is 4.52. The molecule has 0 aliphatic rings. The number of amides is 1. The summed E-state index contributed by atoms with van der Waals surface area (Å²) >= 11 is 0. The molecule has 1 unspecified atom stereocenters. The van der Waals surface area contributed by atoms with Crippen LogP contribution in [0.25, 0.3) is 0 Å². The summed E-state index contributed by atoms with van der Waals surface area (Å²) in [5, 5.41) is 13.9. The van der Waals surface area contributed by atoms with Crippen molar-refractivity contribution in [1.29, 1.82) is 0 Å². The summed E-state index contributed by atoms with van der Waals surface area (Å²) in [6.45, 7) is 5.02. The van der Waals surface area contributed by atoms with E-state index in [1.54, 1.807) is 5.06 Å². The van der Waals surface area contributed by atoms with Gasteiger partial charge in [0.05, 0.1) is 6.04 Å². The first kappa shape index (κ1) is 30.5. The summed E-state index contributed by atoms with van der Waals surface area (Å²) in [6.07, 6.45) is 13.5. The van der Waals surface area contributed by atoms with E-state index < -0.39 is 12.6 Å². The fourth-order valence-electron chi connectivity index (χ4n) is 4.52. The molecule has 0 aromatic heterocycles. The van der Waals surface area contributed by atoms with Crippen molar-refractivity contribution in [2.24, 2.45) is 0 Å². The van der Waals surface area contributed by atoms with Crippen LogP contribution in [0, 0.1) is 0 Å². The van der Waals surface area contributed by atoms with Gasteiger partial charge in [0.2, 0.25) is 0 Å². The summed E-state index contributed by atoms with van der Waals surface area (Å²) < 4.78 is 0. The number of carboxylic acid groups (broad SMARTS) is 1. The average Bonchev–Trinajstić information content (AvgIpc) is 2.91. The molecule has 6 nitrogen and oxygen atoms in total. The first-order chi connectivity index (χ1) is 18.0. The Morgan fingerprint density at radius 3 is 2.00 bits per heavy atom. The number of benzene rings is 2. The highest BCUT2D eigenvalue weighted by Crippen LogP contribution is 2.26. The molecule has 0 aliphatic heterocycles. The summed E-state index contributed by atoms with van der Waals surface area (Å²) in [7, 11) is 0. The zero-order valence-electron chi connectivity index (χ0n) is 22.8. The van der Waals surface area contributed by atoms with Crippen LogP contribution in [0.1, 0.15) is 112 Å². The maximum atomic E-state index is 12.5. The number of rotatable bonds is 20. The minimum Gasteiger partial charge on any atom is -0.479 e. The van der Waals surface area contributed by atoms with Crippen LogP contribution in [-0.4, -0.2) is 35.2 Å². The fraction of sp³-hybridized carbons (Fsp3) is 0.548. The van der Waals surface area contributed by atoms with Gasteiger partial charge in [0, 0.05) is 18.7 Å². The van der Waals surface area contributed by atoms with Crippen molar-refractivity contribution in [2.45, 2.75) is 97.1 Å². The Morgan fingerprint density at radius 1 is 0.838 bits per heavy atom. The molecule has 0 radical (unpaired) electrons. The third kappa shape index (κ3) is 12.4. The lowest BCUT2D eigenvalue weighted by Gasteiger charge is -2.30. The maximum Gasteiger partial charge on any atom is 0.331 e. The predicted molar refractivity (Wildman–Crippen MR) is 149 cm³/mol. The monoisotopic (exact) mass is 510 g/mol. The van der Waals surface area contributed by atoms with Gasteiger partial charge in [-0.3, -0.25) is 9.63 Å². The third-order valence-corrected chi connectivity index (χ3v) is 6.64. The van der Waals surface area contributed by atoms with Crippen molar-refractivity contribution in [3.8, 4) is 0 Å². The number of carboxylic acids is 1. The molecule has 1 atom stereocenters. The number of nitrogens with one attached hydrogen (secondary N) is 1. The van der Waals surface area contributed by atoms with Crippen LogP contribution in [0.2, 0.25) is 0 Å². The number of carbonyl (C=O) groups is 2. The lowest BCUT2D eigenvalue weighted by atomic mass is 10.0. The minimum absolute atomic E-state index is 0.0582. The van der Waals surface area contributed by atoms with Crippen molar-refractivity contribution < 1.29 is 19.5 Å². The Balaban J connectivity index is 1.78. The number of nitrogens with zero attached hydrogens (tertiary/aromatic N) is 1. The van der Waals surface area contributed by atoms with Crippen molar-refractivity contribution in [2.75, 3.05) is 13.2 Å². The highest BCUT2D eigenvalue weighted by atomic mass is 16.7. The summed E-state index contributed by atoms with van der Waals surface area (Å²) in [5.41, 5.74) is 2.65. The first-order valence-electron chi connectivity index (χ1n) is 14.1. The maximum absolute atomic E-state index is 12.5. The first-order valence-corrected chi connectivity index (χ1v) is 14.1. The van der Waals surface area contributed by atoms with Gasteiger partial charge in [-0.2, -0.15) is 5.06 Å². The molecule has 0 saturated carbocycles. The predicted octanol–water partition coefficient (Wildman–Crippen LogP) is 7.31. The molecule has 2 rings (SSSR count). The molecular weight excluding hydrogens is 464 g/mol. The standard InChI is InChI=1S/C31H46N2O4/c1-3-5-6-7-8-9-10-11-12-16-23-32-31(36)28-21-19-26(20-22-28)24-33(37-25-30(34)35)29(4-2)27-17-14-13-15-18-27/h13-15,17-22,29H,3-12,16,23-25H2,1-2H3,(H,32,36)(H,34,35). The lowest BCUT2D eigenvalue weighted by Crippen LogP contribution is -2.30. The molecule has 6 heteroatoms. The van der Waals surface area contributed by atoms with Crippen molar-refractivity contribution >= 4 is 11.9 Å². The number of aliphatic carboxylic acids is 1. The molecule has 0 aliphatic carbocycles.